The van der Waals surface area contributed by atoms with E-state index in [0.717, 1.165) is 4.90 Å². The van der Waals surface area contributed by atoms with Crippen LogP contribution in [-0.2, 0) is 0 Å². The highest BCUT2D eigenvalue weighted by molar-refractivity contribution is 7.99. The summed E-state index contributed by atoms with van der Waals surface area (Å²) in [6, 6.07) is 16.1. The predicted molar refractivity (Wildman–Crippen MR) is 102 cm³/mol. The van der Waals surface area contributed by atoms with Crippen LogP contribution in [0.15, 0.2) is 80.2 Å². The molecule has 3 rings (SSSR count). The van der Waals surface area contributed by atoms with Crippen LogP contribution in [0.1, 0.15) is 16.1 Å². The normalized spacial score (nSPS) is 10.9. The molecule has 1 aromatic heterocycles. The van der Waals surface area contributed by atoms with Crippen LogP contribution in [0, 0.1) is 10.1 Å². The molecule has 0 unspecified atom stereocenters. The topological polar surface area (TPSA) is 97.7 Å². The molecule has 0 atom stereocenters. The Morgan fingerprint density at radius 2 is 1.81 bits per heavy atom. The predicted octanol–water partition coefficient (Wildman–Crippen LogP) is 4.76. The molecule has 9 heteroatoms. The van der Waals surface area contributed by atoms with Crippen LogP contribution in [0.5, 0.6) is 0 Å². The van der Waals surface area contributed by atoms with Crippen LogP contribution in [0.2, 0.25) is 5.02 Å². The zero-order chi connectivity index (χ0) is 19.2. The van der Waals surface area contributed by atoms with Crippen LogP contribution < -0.4 is 5.43 Å². The summed E-state index contributed by atoms with van der Waals surface area (Å²) >= 11 is 7.28. The second-order valence-corrected chi connectivity index (χ2v) is 6.73. The summed E-state index contributed by atoms with van der Waals surface area (Å²) in [5.74, 6) is -0.0149. The maximum atomic E-state index is 11.9. The zero-order valence-electron chi connectivity index (χ0n) is 13.7. The number of nitro benzene ring substituents is 1. The summed E-state index contributed by atoms with van der Waals surface area (Å²) in [6.07, 6.45) is 1.37. The Kier molecular flexibility index (Phi) is 5.90. The minimum absolute atomic E-state index is 0.0867. The Morgan fingerprint density at radius 1 is 1.11 bits per heavy atom. The third-order valence-corrected chi connectivity index (χ3v) is 4.51. The molecule has 0 bridgehead atoms. The number of halogens is 1. The van der Waals surface area contributed by atoms with Gasteiger partial charge in [0.2, 0.25) is 0 Å². The molecule has 136 valence electrons. The van der Waals surface area contributed by atoms with Gasteiger partial charge in [-0.1, -0.05) is 23.4 Å². The second-order valence-electron chi connectivity index (χ2n) is 5.22. The third-order valence-electron chi connectivity index (χ3n) is 3.33. The van der Waals surface area contributed by atoms with Crippen molar-refractivity contribution in [2.45, 2.75) is 9.99 Å². The molecule has 0 saturated heterocycles. The van der Waals surface area contributed by atoms with Crippen molar-refractivity contribution in [3.63, 3.8) is 0 Å². The molecule has 1 amide bonds. The van der Waals surface area contributed by atoms with E-state index in [2.05, 4.69) is 10.5 Å². The quantitative estimate of drug-likeness (QED) is 0.365. The Morgan fingerprint density at radius 3 is 2.48 bits per heavy atom. The highest BCUT2D eigenvalue weighted by Crippen LogP contribution is 2.29. The Balaban J connectivity index is 1.56. The van der Waals surface area contributed by atoms with Gasteiger partial charge in [0.1, 0.15) is 5.76 Å². The van der Waals surface area contributed by atoms with E-state index < -0.39 is 10.8 Å². The number of carbonyl (C=O) groups is 1. The summed E-state index contributed by atoms with van der Waals surface area (Å²) in [5.41, 5.74) is 2.51. The number of rotatable bonds is 6. The molecule has 27 heavy (non-hydrogen) atoms. The van der Waals surface area contributed by atoms with Gasteiger partial charge in [0.25, 0.3) is 11.6 Å². The number of hydrogen-bond donors (Lipinski definition) is 1. The van der Waals surface area contributed by atoms with Crippen LogP contribution in [0.25, 0.3) is 0 Å². The molecule has 0 spiro atoms. The fourth-order valence-corrected chi connectivity index (χ4v) is 2.94. The number of hydrogen-bond acceptors (Lipinski definition) is 6. The monoisotopic (exact) mass is 401 g/mol. The molecule has 0 aliphatic heterocycles. The number of amides is 1. The number of furan rings is 1. The third kappa shape index (κ3) is 5.19. The van der Waals surface area contributed by atoms with Crippen LogP contribution in [-0.4, -0.2) is 17.0 Å². The summed E-state index contributed by atoms with van der Waals surface area (Å²) < 4.78 is 5.60. The molecule has 2 aromatic carbocycles. The highest BCUT2D eigenvalue weighted by atomic mass is 35.5. The van der Waals surface area contributed by atoms with E-state index >= 15 is 0 Å². The fourth-order valence-electron chi connectivity index (χ4n) is 2.03. The Bertz CT molecular complexity index is 985. The van der Waals surface area contributed by atoms with E-state index in [1.807, 2.05) is 12.1 Å². The molecule has 3 aromatic rings. The maximum absolute atomic E-state index is 11.9. The van der Waals surface area contributed by atoms with Gasteiger partial charge in [0, 0.05) is 27.6 Å². The number of nitro groups is 1. The lowest BCUT2D eigenvalue weighted by molar-refractivity contribution is -0.384. The average Bonchev–Trinajstić information content (AvgIpc) is 3.11. The van der Waals surface area contributed by atoms with Crippen LogP contribution in [0.3, 0.4) is 0 Å². The fraction of sp³-hybridized carbons (Fsp3) is 0. The van der Waals surface area contributed by atoms with Gasteiger partial charge in [-0.15, -0.1) is 0 Å². The van der Waals surface area contributed by atoms with Gasteiger partial charge in [-0.05, 0) is 48.5 Å². The molecular weight excluding hydrogens is 390 g/mol. The van der Waals surface area contributed by atoms with Crippen LogP contribution in [0.4, 0.5) is 5.69 Å². The maximum Gasteiger partial charge on any atom is 0.271 e. The Labute approximate surface area is 163 Å². The largest absolute Gasteiger partial charge is 0.448 e. The van der Waals surface area contributed by atoms with Crippen molar-refractivity contribution in [3.8, 4) is 0 Å². The van der Waals surface area contributed by atoms with Crippen molar-refractivity contribution in [2.24, 2.45) is 5.10 Å². The van der Waals surface area contributed by atoms with Crippen molar-refractivity contribution >= 4 is 41.2 Å². The number of benzene rings is 2. The number of nitrogens with one attached hydrogen (secondary N) is 1. The first kappa shape index (κ1) is 18.7. The van der Waals surface area contributed by atoms with Crippen molar-refractivity contribution in [1.29, 1.82) is 0 Å². The van der Waals surface area contributed by atoms with E-state index in [-0.39, 0.29) is 11.3 Å². The molecule has 1 heterocycles. The molecule has 0 fully saturated rings. The molecular formula is C18H12ClN3O4S. The first-order chi connectivity index (χ1) is 13.0. The average molecular weight is 402 g/mol. The van der Waals surface area contributed by atoms with E-state index in [0.29, 0.717) is 15.9 Å². The smallest absolute Gasteiger partial charge is 0.271 e. The van der Waals surface area contributed by atoms with Gasteiger partial charge in [0.05, 0.1) is 11.1 Å². The number of carbonyl (C=O) groups excluding carboxylic acids is 1. The van der Waals surface area contributed by atoms with Gasteiger partial charge in [-0.25, -0.2) is 5.43 Å². The number of nitrogens with zero attached hydrogens (tertiary/aromatic N) is 2. The van der Waals surface area contributed by atoms with Crippen molar-refractivity contribution in [3.05, 3.63) is 87.1 Å². The summed E-state index contributed by atoms with van der Waals surface area (Å²) in [6.45, 7) is 0. The molecule has 1 N–H and O–H groups in total. The lowest BCUT2D eigenvalue weighted by Gasteiger charge is -1.99. The molecule has 0 aliphatic rings. The lowest BCUT2D eigenvalue weighted by Crippen LogP contribution is -2.17. The van der Waals surface area contributed by atoms with E-state index in [9.17, 15) is 14.9 Å². The zero-order valence-corrected chi connectivity index (χ0v) is 15.2. The molecule has 0 saturated carbocycles. The number of hydrazone groups is 1. The molecule has 0 radical (unpaired) electrons. The van der Waals surface area contributed by atoms with E-state index in [1.165, 1.54) is 42.2 Å². The van der Waals surface area contributed by atoms with Crippen molar-refractivity contribution in [1.82, 2.24) is 5.43 Å². The SMILES string of the molecule is O=C(N/N=C\c1ccc(Sc2ccc(Cl)cc2)o1)c1ccc([N+](=O)[O-])cc1. The standard InChI is InChI=1S/C18H12ClN3O4S/c19-13-3-8-16(9-4-13)27-17-10-7-15(26-17)11-20-21-18(23)12-1-5-14(6-2-12)22(24)25/h1-11H,(H,21,23)/b20-11-. The number of non-ortho nitro benzene ring substituents is 1. The summed E-state index contributed by atoms with van der Waals surface area (Å²) in [5, 5.41) is 15.8. The lowest BCUT2D eigenvalue weighted by atomic mass is 10.2. The van der Waals surface area contributed by atoms with E-state index in [4.69, 9.17) is 16.0 Å². The summed E-state index contributed by atoms with van der Waals surface area (Å²) in [4.78, 5) is 23.0. The minimum atomic E-state index is -0.531. The van der Waals surface area contributed by atoms with Gasteiger partial charge in [0.15, 0.2) is 5.09 Å². The van der Waals surface area contributed by atoms with Crippen molar-refractivity contribution in [2.75, 3.05) is 0 Å². The van der Waals surface area contributed by atoms with Crippen molar-refractivity contribution < 1.29 is 14.1 Å². The van der Waals surface area contributed by atoms with Gasteiger partial charge in [-0.2, -0.15) is 5.10 Å². The highest BCUT2D eigenvalue weighted by Gasteiger charge is 2.09. The van der Waals surface area contributed by atoms with Gasteiger partial charge in [-0.3, -0.25) is 14.9 Å². The van der Waals surface area contributed by atoms with E-state index in [1.54, 1.807) is 24.3 Å². The molecule has 7 nitrogen and oxygen atoms in total. The first-order valence-electron chi connectivity index (χ1n) is 7.62. The summed E-state index contributed by atoms with van der Waals surface area (Å²) in [7, 11) is 0. The first-order valence-corrected chi connectivity index (χ1v) is 8.82. The molecule has 0 aliphatic carbocycles. The Hall–Kier alpha value is -3.10. The second kappa shape index (κ2) is 8.52. The van der Waals surface area contributed by atoms with Crippen LogP contribution >= 0.6 is 23.4 Å². The van der Waals surface area contributed by atoms with Gasteiger partial charge < -0.3 is 4.42 Å². The van der Waals surface area contributed by atoms with Gasteiger partial charge >= 0.3 is 0 Å². The minimum Gasteiger partial charge on any atom is -0.448 e.